The van der Waals surface area contributed by atoms with E-state index in [0.717, 1.165) is 0 Å². The summed E-state index contributed by atoms with van der Waals surface area (Å²) in [7, 11) is 0. The van der Waals surface area contributed by atoms with Gasteiger partial charge in [0.15, 0.2) is 0 Å². The molecule has 15 heavy (non-hydrogen) atoms. The van der Waals surface area contributed by atoms with E-state index >= 15 is 0 Å². The number of benzene rings is 1. The van der Waals surface area contributed by atoms with Crippen LogP contribution in [0.15, 0.2) is 18.2 Å². The fourth-order valence-corrected chi connectivity index (χ4v) is 1.83. The maximum atomic E-state index is 11.9. The Morgan fingerprint density at radius 1 is 1.27 bits per heavy atom. The molecular formula is C11H13Cl2NO. The molecule has 0 radical (unpaired) electrons. The van der Waals surface area contributed by atoms with Gasteiger partial charge in [0.2, 0.25) is 0 Å². The highest BCUT2D eigenvalue weighted by molar-refractivity contribution is 6.36. The first-order valence-corrected chi connectivity index (χ1v) is 5.60. The summed E-state index contributed by atoms with van der Waals surface area (Å²) in [6, 6.07) is 4.91. The molecule has 1 aromatic rings. The van der Waals surface area contributed by atoms with E-state index in [1.807, 2.05) is 13.8 Å². The van der Waals surface area contributed by atoms with Crippen molar-refractivity contribution in [3.8, 4) is 0 Å². The minimum atomic E-state index is -0.0540. The lowest BCUT2D eigenvalue weighted by atomic mass is 10.2. The fraction of sp³-hybridized carbons (Fsp3) is 0.364. The summed E-state index contributed by atoms with van der Waals surface area (Å²) in [5.41, 5.74) is 0.504. The van der Waals surface area contributed by atoms with Gasteiger partial charge >= 0.3 is 0 Å². The summed E-state index contributed by atoms with van der Waals surface area (Å²) >= 11 is 11.7. The summed E-state index contributed by atoms with van der Waals surface area (Å²) in [6.45, 7) is 5.22. The van der Waals surface area contributed by atoms with Crippen molar-refractivity contribution in [1.82, 2.24) is 4.90 Å². The maximum Gasteiger partial charge on any atom is 0.255 e. The number of nitrogens with zero attached hydrogens (tertiary/aromatic N) is 1. The van der Waals surface area contributed by atoms with Crippen molar-refractivity contribution in [2.24, 2.45) is 0 Å². The van der Waals surface area contributed by atoms with Crippen LogP contribution < -0.4 is 0 Å². The van der Waals surface area contributed by atoms with Gasteiger partial charge in [-0.3, -0.25) is 4.79 Å². The highest BCUT2D eigenvalue weighted by atomic mass is 35.5. The standard InChI is InChI=1S/C11H13Cl2NO/c1-3-14(4-2)11(15)9-6-5-8(12)7-10(9)13/h5-7H,3-4H2,1-2H3. The Hall–Kier alpha value is -0.730. The molecular weight excluding hydrogens is 233 g/mol. The van der Waals surface area contributed by atoms with Crippen molar-refractivity contribution >= 4 is 29.1 Å². The Bertz CT molecular complexity index is 362. The van der Waals surface area contributed by atoms with Gasteiger partial charge in [-0.15, -0.1) is 0 Å². The van der Waals surface area contributed by atoms with Crippen molar-refractivity contribution in [1.29, 1.82) is 0 Å². The molecule has 0 N–H and O–H groups in total. The number of carbonyl (C=O) groups is 1. The number of amides is 1. The van der Waals surface area contributed by atoms with Crippen LogP contribution in [0.4, 0.5) is 0 Å². The van der Waals surface area contributed by atoms with Crippen LogP contribution in [-0.4, -0.2) is 23.9 Å². The fourth-order valence-electron chi connectivity index (χ4n) is 1.34. The largest absolute Gasteiger partial charge is 0.339 e. The van der Waals surface area contributed by atoms with Crippen LogP contribution in [0.2, 0.25) is 10.0 Å². The van der Waals surface area contributed by atoms with Crippen LogP contribution in [0.5, 0.6) is 0 Å². The molecule has 0 bridgehead atoms. The molecule has 1 aromatic carbocycles. The lowest BCUT2D eigenvalue weighted by Crippen LogP contribution is -2.30. The molecule has 0 unspecified atom stereocenters. The summed E-state index contributed by atoms with van der Waals surface area (Å²) in [5.74, 6) is -0.0540. The van der Waals surface area contributed by atoms with Gasteiger partial charge in [-0.25, -0.2) is 0 Å². The second-order valence-electron chi connectivity index (χ2n) is 3.10. The molecule has 0 aliphatic heterocycles. The first-order valence-electron chi connectivity index (χ1n) is 4.84. The van der Waals surface area contributed by atoms with Gasteiger partial charge in [0.05, 0.1) is 10.6 Å². The van der Waals surface area contributed by atoms with Gasteiger partial charge < -0.3 is 4.90 Å². The third kappa shape index (κ3) is 2.86. The molecule has 2 nitrogen and oxygen atoms in total. The average molecular weight is 246 g/mol. The minimum Gasteiger partial charge on any atom is -0.339 e. The zero-order valence-corrected chi connectivity index (χ0v) is 10.3. The SMILES string of the molecule is CCN(CC)C(=O)c1ccc(Cl)cc1Cl. The molecule has 0 aliphatic rings. The van der Waals surface area contributed by atoms with E-state index < -0.39 is 0 Å². The van der Waals surface area contributed by atoms with Crippen LogP contribution in [0.3, 0.4) is 0 Å². The van der Waals surface area contributed by atoms with Crippen LogP contribution in [0.25, 0.3) is 0 Å². The minimum absolute atomic E-state index is 0.0540. The van der Waals surface area contributed by atoms with Crippen molar-refractivity contribution in [2.75, 3.05) is 13.1 Å². The van der Waals surface area contributed by atoms with Gasteiger partial charge in [-0.05, 0) is 32.0 Å². The molecule has 82 valence electrons. The zero-order valence-electron chi connectivity index (χ0n) is 8.76. The van der Waals surface area contributed by atoms with Gasteiger partial charge in [0.1, 0.15) is 0 Å². The summed E-state index contributed by atoms with van der Waals surface area (Å²) in [5, 5.41) is 0.940. The molecule has 0 aliphatic carbocycles. The predicted molar refractivity (Wildman–Crippen MR) is 63.7 cm³/mol. The molecule has 0 aromatic heterocycles. The van der Waals surface area contributed by atoms with Gasteiger partial charge in [0, 0.05) is 18.1 Å². The summed E-state index contributed by atoms with van der Waals surface area (Å²) < 4.78 is 0. The third-order valence-electron chi connectivity index (χ3n) is 2.21. The van der Waals surface area contributed by atoms with Crippen molar-refractivity contribution < 1.29 is 4.79 Å². The molecule has 0 spiro atoms. The van der Waals surface area contributed by atoms with E-state index in [9.17, 15) is 4.79 Å². The topological polar surface area (TPSA) is 20.3 Å². The van der Waals surface area contributed by atoms with Crippen molar-refractivity contribution in [3.63, 3.8) is 0 Å². The second-order valence-corrected chi connectivity index (χ2v) is 3.95. The Balaban J connectivity index is 3.00. The van der Waals surface area contributed by atoms with Crippen LogP contribution in [0.1, 0.15) is 24.2 Å². The maximum absolute atomic E-state index is 11.9. The third-order valence-corrected chi connectivity index (χ3v) is 2.76. The van der Waals surface area contributed by atoms with E-state index in [4.69, 9.17) is 23.2 Å². The number of carbonyl (C=O) groups excluding carboxylic acids is 1. The van der Waals surface area contributed by atoms with E-state index in [0.29, 0.717) is 28.7 Å². The summed E-state index contributed by atoms with van der Waals surface area (Å²) in [4.78, 5) is 13.7. The zero-order chi connectivity index (χ0) is 11.4. The Morgan fingerprint density at radius 3 is 2.33 bits per heavy atom. The number of hydrogen-bond donors (Lipinski definition) is 0. The molecule has 1 rings (SSSR count). The van der Waals surface area contributed by atoms with E-state index in [1.165, 1.54) is 0 Å². The predicted octanol–water partition coefficient (Wildman–Crippen LogP) is 3.48. The van der Waals surface area contributed by atoms with Crippen LogP contribution in [-0.2, 0) is 0 Å². The lowest BCUT2D eigenvalue weighted by Gasteiger charge is -2.19. The summed E-state index contributed by atoms with van der Waals surface area (Å²) in [6.07, 6.45) is 0. The lowest BCUT2D eigenvalue weighted by molar-refractivity contribution is 0.0773. The van der Waals surface area contributed by atoms with Crippen LogP contribution in [0, 0.1) is 0 Å². The first-order chi connectivity index (χ1) is 7.10. The normalized spacial score (nSPS) is 10.1. The Kier molecular flexibility index (Phi) is 4.43. The molecule has 4 heteroatoms. The van der Waals surface area contributed by atoms with E-state index in [-0.39, 0.29) is 5.91 Å². The number of rotatable bonds is 3. The molecule has 0 saturated carbocycles. The molecule has 0 fully saturated rings. The molecule has 1 amide bonds. The Morgan fingerprint density at radius 2 is 1.87 bits per heavy atom. The quantitative estimate of drug-likeness (QED) is 0.799. The molecule has 0 heterocycles. The molecule has 0 atom stereocenters. The monoisotopic (exact) mass is 245 g/mol. The molecule has 0 saturated heterocycles. The van der Waals surface area contributed by atoms with E-state index in [2.05, 4.69) is 0 Å². The Labute approximate surface area is 99.8 Å². The number of halogens is 2. The first kappa shape index (κ1) is 12.3. The highest BCUT2D eigenvalue weighted by Gasteiger charge is 2.15. The second kappa shape index (κ2) is 5.38. The van der Waals surface area contributed by atoms with Crippen molar-refractivity contribution in [3.05, 3.63) is 33.8 Å². The van der Waals surface area contributed by atoms with Gasteiger partial charge in [-0.2, -0.15) is 0 Å². The van der Waals surface area contributed by atoms with Gasteiger partial charge in [-0.1, -0.05) is 23.2 Å². The average Bonchev–Trinajstić information content (AvgIpc) is 2.19. The number of hydrogen-bond acceptors (Lipinski definition) is 1. The van der Waals surface area contributed by atoms with Crippen LogP contribution >= 0.6 is 23.2 Å². The van der Waals surface area contributed by atoms with E-state index in [1.54, 1.807) is 23.1 Å². The smallest absolute Gasteiger partial charge is 0.255 e. The van der Waals surface area contributed by atoms with Gasteiger partial charge in [0.25, 0.3) is 5.91 Å². The van der Waals surface area contributed by atoms with Crippen molar-refractivity contribution in [2.45, 2.75) is 13.8 Å². The highest BCUT2D eigenvalue weighted by Crippen LogP contribution is 2.22.